The van der Waals surface area contributed by atoms with Crippen LogP contribution in [0.15, 0.2) is 28.3 Å². The Morgan fingerprint density at radius 3 is 2.30 bits per heavy atom. The monoisotopic (exact) mass is 420 g/mol. The quantitative estimate of drug-likeness (QED) is 0.329. The first-order valence-corrected chi connectivity index (χ1v) is 11.3. The number of guanidine groups is 1. The Kier molecular flexibility index (Phi) is 7.20. The smallest absolute Gasteiger partial charge is 0.337 e. The second-order valence-corrected chi connectivity index (χ2v) is 9.88. The van der Waals surface area contributed by atoms with Gasteiger partial charge in [0, 0.05) is 19.8 Å². The Balaban J connectivity index is 2.98. The summed E-state index contributed by atoms with van der Waals surface area (Å²) in [6, 6.07) is 4.87. The van der Waals surface area contributed by atoms with Gasteiger partial charge in [0.25, 0.3) is 0 Å². The van der Waals surface area contributed by atoms with Gasteiger partial charge in [0.1, 0.15) is 0 Å². The molecule has 152 valence electrons. The van der Waals surface area contributed by atoms with Crippen LogP contribution in [-0.2, 0) is 35.6 Å². The third kappa shape index (κ3) is 7.06. The van der Waals surface area contributed by atoms with Crippen LogP contribution in [0.3, 0.4) is 0 Å². The minimum Gasteiger partial charge on any atom is -0.367 e. The second kappa shape index (κ2) is 8.57. The minimum atomic E-state index is -4.30. The van der Waals surface area contributed by atoms with Crippen molar-refractivity contribution in [2.45, 2.75) is 31.2 Å². The van der Waals surface area contributed by atoms with Gasteiger partial charge in [-0.1, -0.05) is 26.0 Å². The molecule has 0 unspecified atom stereocenters. The molecule has 0 aromatic heterocycles. The van der Waals surface area contributed by atoms with Crippen LogP contribution in [0.5, 0.6) is 0 Å². The number of hydrogen-bond donors (Lipinski definition) is 2. The van der Waals surface area contributed by atoms with Crippen molar-refractivity contribution >= 4 is 31.8 Å². The number of carbonyl (C=O) groups is 1. The van der Waals surface area contributed by atoms with Crippen LogP contribution in [-0.4, -0.2) is 52.7 Å². The third-order valence-corrected chi connectivity index (χ3v) is 5.56. The predicted molar refractivity (Wildman–Crippen MR) is 101 cm³/mol. The lowest BCUT2D eigenvalue weighted by Crippen LogP contribution is -2.33. The van der Waals surface area contributed by atoms with Gasteiger partial charge in [-0.2, -0.15) is 8.42 Å². The highest BCUT2D eigenvalue weighted by Crippen LogP contribution is 2.25. The summed E-state index contributed by atoms with van der Waals surface area (Å²) in [6.07, 6.45) is 1.11. The Morgan fingerprint density at radius 2 is 1.81 bits per heavy atom. The van der Waals surface area contributed by atoms with Crippen molar-refractivity contribution in [3.05, 3.63) is 29.3 Å². The maximum Gasteiger partial charge on any atom is 0.337 e. The predicted octanol–water partition coefficient (Wildman–Crippen LogP) is -0.293. The van der Waals surface area contributed by atoms with Gasteiger partial charge in [0.05, 0.1) is 4.90 Å². The Bertz CT molecular complexity index is 935. The summed E-state index contributed by atoms with van der Waals surface area (Å²) < 4.78 is 51.5. The van der Waals surface area contributed by atoms with E-state index < -0.39 is 37.6 Å². The highest BCUT2D eigenvalue weighted by molar-refractivity contribution is 7.90. The first-order chi connectivity index (χ1) is 12.2. The van der Waals surface area contributed by atoms with Crippen molar-refractivity contribution in [1.82, 2.24) is 4.90 Å². The van der Waals surface area contributed by atoms with Gasteiger partial charge >= 0.3 is 10.1 Å². The molecule has 1 amide bonds. The standard InChI is InChI=1S/C15H24N4O6S2/c1-10(2)12-6-5-11(7-13(12)26(4,21)22)8-19(3)14(20)9-27(23,24)25-18-15(16)17/h5-7,10H,8-9H2,1-4H3,(H4,16,17,18). The molecule has 12 heteroatoms. The van der Waals surface area contributed by atoms with Crippen molar-refractivity contribution in [3.8, 4) is 0 Å². The molecule has 1 aromatic carbocycles. The number of carbonyl (C=O) groups excluding carboxylic acids is 1. The highest BCUT2D eigenvalue weighted by Gasteiger charge is 2.22. The summed E-state index contributed by atoms with van der Waals surface area (Å²) >= 11 is 0. The second-order valence-electron chi connectivity index (χ2n) is 6.34. The normalized spacial score (nSPS) is 11.9. The Labute approximate surface area is 159 Å². The van der Waals surface area contributed by atoms with Gasteiger partial charge in [-0.25, -0.2) is 8.42 Å². The van der Waals surface area contributed by atoms with Crippen molar-refractivity contribution in [1.29, 1.82) is 0 Å². The Morgan fingerprint density at radius 1 is 1.22 bits per heavy atom. The number of nitrogens with zero attached hydrogens (tertiary/aromatic N) is 2. The number of nitrogens with two attached hydrogens (primary N) is 2. The van der Waals surface area contributed by atoms with Gasteiger partial charge < -0.3 is 16.4 Å². The van der Waals surface area contributed by atoms with E-state index in [4.69, 9.17) is 11.5 Å². The SMILES string of the molecule is CC(C)c1ccc(CN(C)C(=O)CS(=O)(=O)ON=C(N)N)cc1S(C)(=O)=O. The molecule has 0 spiro atoms. The lowest BCUT2D eigenvalue weighted by atomic mass is 10.0. The number of oxime groups is 1. The molecule has 1 aromatic rings. The van der Waals surface area contributed by atoms with Gasteiger partial charge in [-0.15, -0.1) is 0 Å². The van der Waals surface area contributed by atoms with Crippen LogP contribution in [0, 0.1) is 0 Å². The van der Waals surface area contributed by atoms with Gasteiger partial charge in [-0.05, 0) is 28.3 Å². The summed E-state index contributed by atoms with van der Waals surface area (Å²) in [5, 5.41) is 2.90. The average molecular weight is 421 g/mol. The molecule has 0 aliphatic carbocycles. The fourth-order valence-corrected chi connectivity index (χ4v) is 4.10. The van der Waals surface area contributed by atoms with Gasteiger partial charge in [0.15, 0.2) is 15.6 Å². The van der Waals surface area contributed by atoms with E-state index in [1.165, 1.54) is 13.1 Å². The van der Waals surface area contributed by atoms with E-state index in [9.17, 15) is 21.6 Å². The number of rotatable bonds is 8. The highest BCUT2D eigenvalue weighted by atomic mass is 32.2. The summed E-state index contributed by atoms with van der Waals surface area (Å²) in [5.41, 5.74) is 11.1. The fourth-order valence-electron chi connectivity index (χ4n) is 2.22. The molecule has 27 heavy (non-hydrogen) atoms. The van der Waals surface area contributed by atoms with Crippen molar-refractivity contribution < 1.29 is 25.9 Å². The van der Waals surface area contributed by atoms with Crippen molar-refractivity contribution in [2.75, 3.05) is 19.1 Å². The lowest BCUT2D eigenvalue weighted by molar-refractivity contribution is -0.127. The number of benzene rings is 1. The van der Waals surface area contributed by atoms with Crippen LogP contribution in [0.25, 0.3) is 0 Å². The zero-order valence-electron chi connectivity index (χ0n) is 15.5. The van der Waals surface area contributed by atoms with E-state index >= 15 is 0 Å². The van der Waals surface area contributed by atoms with Crippen LogP contribution >= 0.6 is 0 Å². The minimum absolute atomic E-state index is 0.000893. The maximum absolute atomic E-state index is 12.1. The van der Waals surface area contributed by atoms with Crippen molar-refractivity contribution in [2.24, 2.45) is 16.6 Å². The van der Waals surface area contributed by atoms with Gasteiger partial charge in [-0.3, -0.25) is 9.08 Å². The fraction of sp³-hybridized carbons (Fsp3) is 0.467. The zero-order chi connectivity index (χ0) is 21.0. The molecule has 0 aliphatic rings. The van der Waals surface area contributed by atoms with Crippen LogP contribution < -0.4 is 11.5 Å². The molecule has 0 aliphatic heterocycles. The summed E-state index contributed by atoms with van der Waals surface area (Å²) in [4.78, 5) is 13.4. The lowest BCUT2D eigenvalue weighted by Gasteiger charge is -2.19. The molecular formula is C15H24N4O6S2. The largest absolute Gasteiger partial charge is 0.367 e. The van der Waals surface area contributed by atoms with Crippen molar-refractivity contribution in [3.63, 3.8) is 0 Å². The molecule has 0 heterocycles. The third-order valence-electron chi connectivity index (χ3n) is 3.50. The molecule has 0 saturated carbocycles. The van der Waals surface area contributed by atoms with Crippen LogP contribution in [0.4, 0.5) is 0 Å². The van der Waals surface area contributed by atoms with Crippen LogP contribution in [0.1, 0.15) is 30.9 Å². The van der Waals surface area contributed by atoms with Crippen LogP contribution in [0.2, 0.25) is 0 Å². The molecule has 0 bridgehead atoms. The first-order valence-electron chi connectivity index (χ1n) is 7.80. The first kappa shape index (κ1) is 22.7. The molecule has 0 atom stereocenters. The summed E-state index contributed by atoms with van der Waals surface area (Å²) in [7, 11) is -6.37. The number of amides is 1. The maximum atomic E-state index is 12.1. The summed E-state index contributed by atoms with van der Waals surface area (Å²) in [5.74, 6) is -2.34. The van der Waals surface area contributed by atoms with E-state index in [2.05, 4.69) is 9.44 Å². The molecule has 10 nitrogen and oxygen atoms in total. The molecule has 0 saturated heterocycles. The topological polar surface area (TPSA) is 162 Å². The van der Waals surface area contributed by atoms with E-state index in [-0.39, 0.29) is 17.4 Å². The van der Waals surface area contributed by atoms with E-state index in [1.54, 1.807) is 12.1 Å². The average Bonchev–Trinajstić information content (AvgIpc) is 2.51. The molecule has 4 N–H and O–H groups in total. The summed E-state index contributed by atoms with van der Waals surface area (Å²) in [6.45, 7) is 3.76. The zero-order valence-corrected chi connectivity index (χ0v) is 17.2. The van der Waals surface area contributed by atoms with Gasteiger partial charge in [0.2, 0.25) is 11.9 Å². The molecule has 0 fully saturated rings. The number of sulfone groups is 1. The van der Waals surface area contributed by atoms with E-state index in [1.807, 2.05) is 13.8 Å². The van der Waals surface area contributed by atoms with E-state index in [0.717, 1.165) is 11.2 Å². The molecule has 0 radical (unpaired) electrons. The van der Waals surface area contributed by atoms with E-state index in [0.29, 0.717) is 11.1 Å². The Hall–Kier alpha value is -2.34. The molecular weight excluding hydrogens is 396 g/mol. The number of hydrogen-bond acceptors (Lipinski definition) is 7. The molecule has 1 rings (SSSR count).